The Morgan fingerprint density at radius 3 is 2.33 bits per heavy atom. The van der Waals surface area contributed by atoms with Crippen molar-refractivity contribution in [2.24, 2.45) is 7.05 Å². The standard InChI is InChI=1S/C14H21N/c1-7-9-13-11(8-2)12(10-15(13)6)14(3,4)5/h7-10H,2H2,1,3-6H3/b9-7-. The molecule has 1 heterocycles. The van der Waals surface area contributed by atoms with E-state index in [2.05, 4.69) is 57.3 Å². The van der Waals surface area contributed by atoms with Crippen LogP contribution in [0.4, 0.5) is 0 Å². The van der Waals surface area contributed by atoms with Gasteiger partial charge in [0.2, 0.25) is 0 Å². The number of rotatable bonds is 2. The molecule has 0 spiro atoms. The van der Waals surface area contributed by atoms with Crippen molar-refractivity contribution in [1.29, 1.82) is 0 Å². The minimum absolute atomic E-state index is 0.168. The molecule has 0 unspecified atom stereocenters. The van der Waals surface area contributed by atoms with Crippen molar-refractivity contribution in [2.45, 2.75) is 33.1 Å². The summed E-state index contributed by atoms with van der Waals surface area (Å²) >= 11 is 0. The van der Waals surface area contributed by atoms with Gasteiger partial charge in [-0.25, -0.2) is 0 Å². The maximum absolute atomic E-state index is 3.91. The largest absolute Gasteiger partial charge is 0.350 e. The van der Waals surface area contributed by atoms with Gasteiger partial charge in [-0.1, -0.05) is 39.5 Å². The number of hydrogen-bond acceptors (Lipinski definition) is 0. The summed E-state index contributed by atoms with van der Waals surface area (Å²) < 4.78 is 2.16. The van der Waals surface area contributed by atoms with Crippen LogP contribution in [0.1, 0.15) is 44.5 Å². The lowest BCUT2D eigenvalue weighted by atomic mass is 9.86. The Hall–Kier alpha value is -1.24. The molecule has 0 saturated carbocycles. The van der Waals surface area contributed by atoms with E-state index in [4.69, 9.17) is 0 Å². The molecule has 0 fully saturated rings. The van der Waals surface area contributed by atoms with Crippen LogP contribution in [0.2, 0.25) is 0 Å². The maximum Gasteiger partial charge on any atom is 0.0477 e. The first kappa shape index (κ1) is 11.8. The molecule has 0 amide bonds. The summed E-state index contributed by atoms with van der Waals surface area (Å²) in [6.07, 6.45) is 8.35. The van der Waals surface area contributed by atoms with E-state index in [1.165, 1.54) is 16.8 Å². The minimum atomic E-state index is 0.168. The first-order chi connectivity index (χ1) is 6.91. The fraction of sp³-hybridized carbons (Fsp3) is 0.429. The summed E-state index contributed by atoms with van der Waals surface area (Å²) in [6.45, 7) is 12.6. The molecule has 1 rings (SSSR count). The zero-order chi connectivity index (χ0) is 11.6. The number of hydrogen-bond donors (Lipinski definition) is 0. The van der Waals surface area contributed by atoms with Crippen molar-refractivity contribution in [1.82, 2.24) is 4.57 Å². The zero-order valence-corrected chi connectivity index (χ0v) is 10.5. The second kappa shape index (κ2) is 4.09. The van der Waals surface area contributed by atoms with Crippen LogP contribution < -0.4 is 0 Å². The predicted molar refractivity (Wildman–Crippen MR) is 68.9 cm³/mol. The van der Waals surface area contributed by atoms with Crippen molar-refractivity contribution < 1.29 is 0 Å². The Bertz CT molecular complexity index is 386. The molecular weight excluding hydrogens is 182 g/mol. The summed E-state index contributed by atoms with van der Waals surface area (Å²) in [5.74, 6) is 0. The monoisotopic (exact) mass is 203 g/mol. The summed E-state index contributed by atoms with van der Waals surface area (Å²) in [6, 6.07) is 0. The quantitative estimate of drug-likeness (QED) is 0.684. The summed E-state index contributed by atoms with van der Waals surface area (Å²) in [4.78, 5) is 0. The molecule has 0 aromatic carbocycles. The van der Waals surface area contributed by atoms with Crippen LogP contribution in [0.3, 0.4) is 0 Å². The summed E-state index contributed by atoms with van der Waals surface area (Å²) in [5.41, 5.74) is 4.01. The third-order valence-electron chi connectivity index (χ3n) is 2.61. The van der Waals surface area contributed by atoms with Crippen LogP contribution in [0, 0.1) is 0 Å². The van der Waals surface area contributed by atoms with E-state index in [0.29, 0.717) is 0 Å². The molecule has 1 heteroatoms. The SMILES string of the molecule is C=Cc1c(C(C)(C)C)cn(C)c1/C=C\C. The fourth-order valence-electron chi connectivity index (χ4n) is 1.84. The highest BCUT2D eigenvalue weighted by Crippen LogP contribution is 2.30. The highest BCUT2D eigenvalue weighted by Gasteiger charge is 2.20. The first-order valence-corrected chi connectivity index (χ1v) is 5.36. The lowest BCUT2D eigenvalue weighted by Gasteiger charge is -2.18. The molecule has 0 atom stereocenters. The van der Waals surface area contributed by atoms with Crippen LogP contribution >= 0.6 is 0 Å². The number of aromatic nitrogens is 1. The van der Waals surface area contributed by atoms with Gasteiger partial charge >= 0.3 is 0 Å². The van der Waals surface area contributed by atoms with Crippen LogP contribution in [0.15, 0.2) is 18.9 Å². The van der Waals surface area contributed by atoms with Gasteiger partial charge in [0.1, 0.15) is 0 Å². The van der Waals surface area contributed by atoms with Crippen molar-refractivity contribution in [3.05, 3.63) is 35.7 Å². The minimum Gasteiger partial charge on any atom is -0.350 e. The molecule has 0 saturated heterocycles. The average molecular weight is 203 g/mol. The Morgan fingerprint density at radius 2 is 1.93 bits per heavy atom. The van der Waals surface area contributed by atoms with Crippen molar-refractivity contribution in [2.75, 3.05) is 0 Å². The third kappa shape index (κ3) is 2.23. The maximum atomic E-state index is 3.91. The van der Waals surface area contributed by atoms with Gasteiger partial charge in [0, 0.05) is 24.5 Å². The Kier molecular flexibility index (Phi) is 3.23. The molecule has 0 aliphatic carbocycles. The molecule has 0 bridgehead atoms. The molecule has 1 aromatic rings. The van der Waals surface area contributed by atoms with E-state index in [-0.39, 0.29) is 5.41 Å². The van der Waals surface area contributed by atoms with E-state index in [9.17, 15) is 0 Å². The van der Waals surface area contributed by atoms with Crippen molar-refractivity contribution in [3.8, 4) is 0 Å². The molecule has 0 N–H and O–H groups in total. The van der Waals surface area contributed by atoms with Crippen LogP contribution in [0.25, 0.3) is 12.2 Å². The average Bonchev–Trinajstić information content (AvgIpc) is 2.44. The van der Waals surface area contributed by atoms with Gasteiger partial charge in [-0.3, -0.25) is 0 Å². The highest BCUT2D eigenvalue weighted by molar-refractivity contribution is 5.66. The third-order valence-corrected chi connectivity index (χ3v) is 2.61. The Morgan fingerprint density at radius 1 is 1.33 bits per heavy atom. The topological polar surface area (TPSA) is 4.93 Å². The Balaban J connectivity index is 3.44. The number of nitrogens with zero attached hydrogens (tertiary/aromatic N) is 1. The molecule has 0 aliphatic heterocycles. The van der Waals surface area contributed by atoms with Gasteiger partial charge in [0.05, 0.1) is 0 Å². The van der Waals surface area contributed by atoms with Gasteiger partial charge < -0.3 is 4.57 Å². The molecule has 1 aromatic heterocycles. The molecular formula is C14H21N. The second-order valence-corrected chi connectivity index (χ2v) is 4.91. The summed E-state index contributed by atoms with van der Waals surface area (Å²) in [5, 5.41) is 0. The van der Waals surface area contributed by atoms with E-state index in [1.54, 1.807) is 0 Å². The predicted octanol–water partition coefficient (Wildman–Crippen LogP) is 4.00. The molecule has 15 heavy (non-hydrogen) atoms. The Labute approximate surface area is 93.1 Å². The van der Waals surface area contributed by atoms with E-state index < -0.39 is 0 Å². The number of allylic oxidation sites excluding steroid dienone is 1. The zero-order valence-electron chi connectivity index (χ0n) is 10.5. The van der Waals surface area contributed by atoms with Gasteiger partial charge in [0.15, 0.2) is 0 Å². The van der Waals surface area contributed by atoms with Crippen molar-refractivity contribution in [3.63, 3.8) is 0 Å². The molecule has 82 valence electrons. The lowest BCUT2D eigenvalue weighted by Crippen LogP contribution is -2.11. The van der Waals surface area contributed by atoms with Crippen molar-refractivity contribution >= 4 is 12.2 Å². The van der Waals surface area contributed by atoms with E-state index >= 15 is 0 Å². The highest BCUT2D eigenvalue weighted by atomic mass is 14.9. The lowest BCUT2D eigenvalue weighted by molar-refractivity contribution is 0.588. The summed E-state index contributed by atoms with van der Waals surface area (Å²) in [7, 11) is 2.08. The molecule has 0 radical (unpaired) electrons. The second-order valence-electron chi connectivity index (χ2n) is 4.91. The van der Waals surface area contributed by atoms with Crippen LogP contribution in [-0.2, 0) is 12.5 Å². The van der Waals surface area contributed by atoms with Crippen LogP contribution in [-0.4, -0.2) is 4.57 Å². The van der Waals surface area contributed by atoms with Gasteiger partial charge in [-0.2, -0.15) is 0 Å². The molecule has 1 nitrogen and oxygen atoms in total. The smallest absolute Gasteiger partial charge is 0.0477 e. The van der Waals surface area contributed by atoms with Gasteiger partial charge in [-0.15, -0.1) is 0 Å². The first-order valence-electron chi connectivity index (χ1n) is 5.36. The van der Waals surface area contributed by atoms with Gasteiger partial charge in [-0.05, 0) is 24.0 Å². The number of aryl methyl sites for hydroxylation is 1. The van der Waals surface area contributed by atoms with Crippen LogP contribution in [0.5, 0.6) is 0 Å². The molecule has 0 aliphatic rings. The fourth-order valence-corrected chi connectivity index (χ4v) is 1.84. The normalized spacial score (nSPS) is 12.3. The van der Waals surface area contributed by atoms with E-state index in [1.807, 2.05) is 13.0 Å². The van der Waals surface area contributed by atoms with Gasteiger partial charge in [0.25, 0.3) is 0 Å². The van der Waals surface area contributed by atoms with E-state index in [0.717, 1.165) is 0 Å².